The van der Waals surface area contributed by atoms with Crippen molar-refractivity contribution in [3.05, 3.63) is 0 Å². The van der Waals surface area contributed by atoms with Gasteiger partial charge in [0.2, 0.25) is 0 Å². The van der Waals surface area contributed by atoms with Crippen LogP contribution < -0.4 is 5.32 Å². The number of aliphatic hydroxyl groups is 1. The third-order valence-corrected chi connectivity index (χ3v) is 2.76. The van der Waals surface area contributed by atoms with Crippen molar-refractivity contribution in [3.63, 3.8) is 0 Å². The molecule has 1 heterocycles. The number of rotatable bonds is 0. The highest BCUT2D eigenvalue weighted by Gasteiger charge is 2.40. The quantitative estimate of drug-likeness (QED) is 0.553. The highest BCUT2D eigenvalue weighted by molar-refractivity contribution is 4.94. The summed E-state index contributed by atoms with van der Waals surface area (Å²) < 4.78 is 0. The Bertz CT molecular complexity index is 131. The molecule has 1 atom stereocenters. The first-order valence-corrected chi connectivity index (χ1v) is 4.39. The molecule has 0 aromatic carbocycles. The predicted molar refractivity (Wildman–Crippen MR) is 46.5 cm³/mol. The van der Waals surface area contributed by atoms with Crippen molar-refractivity contribution in [1.82, 2.24) is 5.32 Å². The lowest BCUT2D eigenvalue weighted by Gasteiger charge is -2.43. The first-order valence-electron chi connectivity index (χ1n) is 4.39. The highest BCUT2D eigenvalue weighted by atomic mass is 16.3. The molecule has 1 unspecified atom stereocenters. The summed E-state index contributed by atoms with van der Waals surface area (Å²) in [4.78, 5) is 0. The van der Waals surface area contributed by atoms with Crippen molar-refractivity contribution in [2.45, 2.75) is 39.2 Å². The summed E-state index contributed by atoms with van der Waals surface area (Å²) in [6.45, 7) is 8.09. The van der Waals surface area contributed by atoms with Gasteiger partial charge in [-0.1, -0.05) is 20.8 Å². The van der Waals surface area contributed by atoms with Crippen molar-refractivity contribution in [2.75, 3.05) is 13.1 Å². The van der Waals surface area contributed by atoms with E-state index >= 15 is 0 Å². The minimum Gasteiger partial charge on any atom is -0.388 e. The molecule has 2 N–H and O–H groups in total. The van der Waals surface area contributed by atoms with Crippen LogP contribution in [0.25, 0.3) is 0 Å². The summed E-state index contributed by atoms with van der Waals surface area (Å²) >= 11 is 0. The first-order chi connectivity index (χ1) is 4.96. The van der Waals surface area contributed by atoms with E-state index in [9.17, 15) is 5.11 Å². The molecule has 0 aromatic heterocycles. The van der Waals surface area contributed by atoms with Crippen LogP contribution in [0.3, 0.4) is 0 Å². The zero-order valence-electron chi connectivity index (χ0n) is 7.78. The molecule has 0 radical (unpaired) electrons. The lowest BCUT2D eigenvalue weighted by Crippen LogP contribution is -2.53. The van der Waals surface area contributed by atoms with E-state index in [1.807, 2.05) is 0 Å². The molecule has 0 saturated carbocycles. The second kappa shape index (κ2) is 2.76. The SMILES string of the molecule is CC(C)(C)C1(O)CCCNC1. The van der Waals surface area contributed by atoms with Gasteiger partial charge in [0.1, 0.15) is 0 Å². The number of hydrogen-bond donors (Lipinski definition) is 2. The van der Waals surface area contributed by atoms with Gasteiger partial charge in [0, 0.05) is 6.54 Å². The van der Waals surface area contributed by atoms with Crippen molar-refractivity contribution < 1.29 is 5.11 Å². The van der Waals surface area contributed by atoms with Crippen LogP contribution in [0.2, 0.25) is 0 Å². The molecule has 0 spiro atoms. The van der Waals surface area contributed by atoms with E-state index in [1.165, 1.54) is 0 Å². The Morgan fingerprint density at radius 3 is 2.27 bits per heavy atom. The Labute approximate surface area is 69.0 Å². The van der Waals surface area contributed by atoms with Crippen molar-refractivity contribution in [2.24, 2.45) is 5.41 Å². The third-order valence-electron chi connectivity index (χ3n) is 2.76. The molecular weight excluding hydrogens is 138 g/mol. The maximum atomic E-state index is 10.1. The number of piperidine rings is 1. The van der Waals surface area contributed by atoms with Gasteiger partial charge in [-0.15, -0.1) is 0 Å². The average Bonchev–Trinajstić information content (AvgIpc) is 1.87. The molecule has 1 aliphatic rings. The van der Waals surface area contributed by atoms with Crippen LogP contribution in [-0.4, -0.2) is 23.8 Å². The van der Waals surface area contributed by atoms with E-state index in [0.29, 0.717) is 0 Å². The van der Waals surface area contributed by atoms with E-state index in [-0.39, 0.29) is 5.41 Å². The lowest BCUT2D eigenvalue weighted by atomic mass is 9.72. The normalized spacial score (nSPS) is 33.8. The summed E-state index contributed by atoms with van der Waals surface area (Å²) in [6, 6.07) is 0. The van der Waals surface area contributed by atoms with Crippen LogP contribution >= 0.6 is 0 Å². The minimum atomic E-state index is -0.495. The second-order valence-electron chi connectivity index (χ2n) is 4.56. The van der Waals surface area contributed by atoms with Crippen molar-refractivity contribution in [3.8, 4) is 0 Å². The van der Waals surface area contributed by atoms with Gasteiger partial charge >= 0.3 is 0 Å². The van der Waals surface area contributed by atoms with Gasteiger partial charge in [-0.25, -0.2) is 0 Å². The van der Waals surface area contributed by atoms with Gasteiger partial charge < -0.3 is 10.4 Å². The molecule has 66 valence electrons. The molecule has 0 aliphatic carbocycles. The molecule has 0 aromatic rings. The Morgan fingerprint density at radius 2 is 2.00 bits per heavy atom. The largest absolute Gasteiger partial charge is 0.388 e. The molecule has 0 bridgehead atoms. The van der Waals surface area contributed by atoms with E-state index in [0.717, 1.165) is 25.9 Å². The Kier molecular flexibility index (Phi) is 2.26. The van der Waals surface area contributed by atoms with Crippen molar-refractivity contribution in [1.29, 1.82) is 0 Å². The Balaban J connectivity index is 2.64. The van der Waals surface area contributed by atoms with E-state index < -0.39 is 5.60 Å². The zero-order chi connectivity index (χ0) is 8.54. The summed E-state index contributed by atoms with van der Waals surface area (Å²) in [5, 5.41) is 13.4. The first kappa shape index (κ1) is 9.01. The third kappa shape index (κ3) is 1.74. The topological polar surface area (TPSA) is 32.3 Å². The Hall–Kier alpha value is -0.0800. The molecule has 1 saturated heterocycles. The fourth-order valence-corrected chi connectivity index (χ4v) is 1.53. The summed E-state index contributed by atoms with van der Waals surface area (Å²) in [5.74, 6) is 0. The van der Waals surface area contributed by atoms with Crippen LogP contribution in [0, 0.1) is 5.41 Å². The molecule has 2 heteroatoms. The molecule has 1 rings (SSSR count). The van der Waals surface area contributed by atoms with Crippen LogP contribution in [0.15, 0.2) is 0 Å². The molecule has 1 aliphatic heterocycles. The van der Waals surface area contributed by atoms with Gasteiger partial charge in [-0.05, 0) is 24.8 Å². The van der Waals surface area contributed by atoms with E-state index in [2.05, 4.69) is 26.1 Å². The van der Waals surface area contributed by atoms with Gasteiger partial charge in [0.25, 0.3) is 0 Å². The second-order valence-corrected chi connectivity index (χ2v) is 4.56. The minimum absolute atomic E-state index is 0.000417. The molecule has 11 heavy (non-hydrogen) atoms. The predicted octanol–water partition coefficient (Wildman–Crippen LogP) is 1.15. The van der Waals surface area contributed by atoms with Gasteiger partial charge in [-0.2, -0.15) is 0 Å². The maximum absolute atomic E-state index is 10.1. The molecule has 1 fully saturated rings. The standard InChI is InChI=1S/C9H19NO/c1-8(2,3)9(11)5-4-6-10-7-9/h10-11H,4-7H2,1-3H3. The highest BCUT2D eigenvalue weighted by Crippen LogP contribution is 2.34. The zero-order valence-corrected chi connectivity index (χ0v) is 7.78. The smallest absolute Gasteiger partial charge is 0.0819 e. The van der Waals surface area contributed by atoms with Crippen LogP contribution in [0.4, 0.5) is 0 Å². The fourth-order valence-electron chi connectivity index (χ4n) is 1.53. The Morgan fingerprint density at radius 1 is 1.36 bits per heavy atom. The molecular formula is C9H19NO. The van der Waals surface area contributed by atoms with E-state index in [1.54, 1.807) is 0 Å². The van der Waals surface area contributed by atoms with Gasteiger partial charge in [-0.3, -0.25) is 0 Å². The monoisotopic (exact) mass is 157 g/mol. The number of β-amino-alcohol motifs (C(OH)–C–C–N with tert-alkyl or cyclic N) is 1. The summed E-state index contributed by atoms with van der Waals surface area (Å²) in [6.07, 6.45) is 2.03. The number of nitrogens with one attached hydrogen (secondary N) is 1. The molecule has 2 nitrogen and oxygen atoms in total. The maximum Gasteiger partial charge on any atom is 0.0819 e. The van der Waals surface area contributed by atoms with Gasteiger partial charge in [0.15, 0.2) is 0 Å². The van der Waals surface area contributed by atoms with Crippen LogP contribution in [-0.2, 0) is 0 Å². The average molecular weight is 157 g/mol. The van der Waals surface area contributed by atoms with E-state index in [4.69, 9.17) is 0 Å². The lowest BCUT2D eigenvalue weighted by molar-refractivity contribution is -0.0734. The summed E-state index contributed by atoms with van der Waals surface area (Å²) in [7, 11) is 0. The molecule has 0 amide bonds. The van der Waals surface area contributed by atoms with Crippen LogP contribution in [0.5, 0.6) is 0 Å². The van der Waals surface area contributed by atoms with Gasteiger partial charge in [0.05, 0.1) is 5.60 Å². The summed E-state index contributed by atoms with van der Waals surface area (Å²) in [5.41, 5.74) is -0.494. The van der Waals surface area contributed by atoms with Crippen molar-refractivity contribution >= 4 is 0 Å². The van der Waals surface area contributed by atoms with Crippen LogP contribution in [0.1, 0.15) is 33.6 Å². The number of hydrogen-bond acceptors (Lipinski definition) is 2. The fraction of sp³-hybridized carbons (Fsp3) is 1.00.